The Kier molecular flexibility index (Phi) is 5.39. The van der Waals surface area contributed by atoms with Gasteiger partial charge in [0, 0.05) is 29.4 Å². The van der Waals surface area contributed by atoms with Crippen molar-refractivity contribution in [2.45, 2.75) is 13.3 Å². The standard InChI is InChI=1S/C19H18Cl2N2O3/c1-11-7-13(20)3-5-16(11)23-10-12(8-18(23)24)19(25)22-14-4-6-17(26-2)15(21)9-14/h3-7,9,12H,8,10H2,1-2H3,(H,22,25). The molecule has 0 bridgehead atoms. The average molecular weight is 393 g/mol. The third-order valence-corrected chi connectivity index (χ3v) is 4.90. The first kappa shape index (κ1) is 18.5. The second kappa shape index (κ2) is 7.56. The Balaban J connectivity index is 1.71. The monoisotopic (exact) mass is 392 g/mol. The van der Waals surface area contributed by atoms with Crippen molar-refractivity contribution in [1.82, 2.24) is 0 Å². The molecule has 3 rings (SSSR count). The number of amides is 2. The van der Waals surface area contributed by atoms with Crippen LogP contribution in [-0.4, -0.2) is 25.5 Å². The van der Waals surface area contributed by atoms with Gasteiger partial charge in [-0.1, -0.05) is 23.2 Å². The van der Waals surface area contributed by atoms with Gasteiger partial charge >= 0.3 is 0 Å². The minimum atomic E-state index is -0.432. The van der Waals surface area contributed by atoms with E-state index in [1.165, 1.54) is 7.11 Å². The molecular formula is C19H18Cl2N2O3. The fourth-order valence-electron chi connectivity index (χ4n) is 3.03. The number of halogens is 2. The highest BCUT2D eigenvalue weighted by Gasteiger charge is 2.35. The molecule has 5 nitrogen and oxygen atoms in total. The molecule has 1 N–H and O–H groups in total. The highest BCUT2D eigenvalue weighted by molar-refractivity contribution is 6.32. The molecule has 0 aliphatic carbocycles. The van der Waals surface area contributed by atoms with E-state index in [0.29, 0.717) is 28.0 Å². The summed E-state index contributed by atoms with van der Waals surface area (Å²) in [4.78, 5) is 26.6. The first-order valence-electron chi connectivity index (χ1n) is 8.10. The normalized spacial score (nSPS) is 16.7. The molecule has 1 unspecified atom stereocenters. The van der Waals surface area contributed by atoms with Gasteiger partial charge in [-0.25, -0.2) is 0 Å². The van der Waals surface area contributed by atoms with Crippen molar-refractivity contribution in [1.29, 1.82) is 0 Å². The maximum Gasteiger partial charge on any atom is 0.229 e. The van der Waals surface area contributed by atoms with E-state index in [9.17, 15) is 9.59 Å². The van der Waals surface area contributed by atoms with Gasteiger partial charge in [-0.3, -0.25) is 9.59 Å². The molecule has 1 aliphatic heterocycles. The molecule has 2 amide bonds. The fraction of sp³-hybridized carbons (Fsp3) is 0.263. The number of benzene rings is 2. The molecule has 1 fully saturated rings. The van der Waals surface area contributed by atoms with Gasteiger partial charge in [-0.05, 0) is 48.9 Å². The number of rotatable bonds is 4. The quantitative estimate of drug-likeness (QED) is 0.843. The van der Waals surface area contributed by atoms with Crippen LogP contribution in [0, 0.1) is 12.8 Å². The molecule has 26 heavy (non-hydrogen) atoms. The number of nitrogens with one attached hydrogen (secondary N) is 1. The van der Waals surface area contributed by atoms with Gasteiger partial charge in [0.15, 0.2) is 0 Å². The molecule has 0 aromatic heterocycles. The summed E-state index contributed by atoms with van der Waals surface area (Å²) in [5.41, 5.74) is 2.24. The van der Waals surface area contributed by atoms with E-state index in [-0.39, 0.29) is 18.2 Å². The second-order valence-electron chi connectivity index (χ2n) is 6.17. The minimum absolute atomic E-state index is 0.0802. The molecule has 1 heterocycles. The second-order valence-corrected chi connectivity index (χ2v) is 7.02. The fourth-order valence-corrected chi connectivity index (χ4v) is 3.51. The van der Waals surface area contributed by atoms with E-state index in [4.69, 9.17) is 27.9 Å². The van der Waals surface area contributed by atoms with Crippen molar-refractivity contribution >= 4 is 46.4 Å². The number of anilines is 2. The van der Waals surface area contributed by atoms with Crippen molar-refractivity contribution in [3.8, 4) is 5.75 Å². The van der Waals surface area contributed by atoms with Gasteiger partial charge in [0.05, 0.1) is 18.1 Å². The maximum absolute atomic E-state index is 12.6. The molecule has 7 heteroatoms. The number of ether oxygens (including phenoxy) is 1. The van der Waals surface area contributed by atoms with Gasteiger partial charge in [-0.15, -0.1) is 0 Å². The van der Waals surface area contributed by atoms with Gasteiger partial charge < -0.3 is 15.0 Å². The highest BCUT2D eigenvalue weighted by Crippen LogP contribution is 2.31. The summed E-state index contributed by atoms with van der Waals surface area (Å²) >= 11 is 12.1. The van der Waals surface area contributed by atoms with Crippen LogP contribution in [0.2, 0.25) is 10.0 Å². The third kappa shape index (κ3) is 3.79. The largest absolute Gasteiger partial charge is 0.495 e. The zero-order chi connectivity index (χ0) is 18.8. The molecule has 136 valence electrons. The maximum atomic E-state index is 12.6. The van der Waals surface area contributed by atoms with Gasteiger partial charge in [0.25, 0.3) is 0 Å². The van der Waals surface area contributed by atoms with Crippen molar-refractivity contribution in [3.63, 3.8) is 0 Å². The topological polar surface area (TPSA) is 58.6 Å². The number of hydrogen-bond donors (Lipinski definition) is 1. The Morgan fingerprint density at radius 2 is 2.00 bits per heavy atom. The Hall–Kier alpha value is -2.24. The summed E-state index contributed by atoms with van der Waals surface area (Å²) in [5.74, 6) is -0.194. The van der Waals surface area contributed by atoms with Crippen molar-refractivity contribution < 1.29 is 14.3 Å². The molecule has 2 aromatic carbocycles. The van der Waals surface area contributed by atoms with Crippen LogP contribution in [0.4, 0.5) is 11.4 Å². The SMILES string of the molecule is COc1ccc(NC(=O)C2CC(=O)N(c3ccc(Cl)cc3C)C2)cc1Cl. The predicted molar refractivity (Wildman–Crippen MR) is 103 cm³/mol. The molecule has 1 saturated heterocycles. The average Bonchev–Trinajstić information content (AvgIpc) is 2.97. The van der Waals surface area contributed by atoms with Crippen molar-refractivity contribution in [2.75, 3.05) is 23.9 Å². The van der Waals surface area contributed by atoms with Crippen LogP contribution >= 0.6 is 23.2 Å². The van der Waals surface area contributed by atoms with E-state index >= 15 is 0 Å². The number of methoxy groups -OCH3 is 1. The van der Waals surface area contributed by atoms with Crippen LogP contribution < -0.4 is 15.0 Å². The molecule has 0 spiro atoms. The zero-order valence-electron chi connectivity index (χ0n) is 14.4. The Morgan fingerprint density at radius 3 is 2.65 bits per heavy atom. The first-order valence-corrected chi connectivity index (χ1v) is 8.85. The van der Waals surface area contributed by atoms with E-state index in [2.05, 4.69) is 5.32 Å². The Labute approximate surface area is 161 Å². The predicted octanol–water partition coefficient (Wildman–Crippen LogP) is 4.30. The summed E-state index contributed by atoms with van der Waals surface area (Å²) in [6, 6.07) is 10.4. The van der Waals surface area contributed by atoms with Crippen LogP contribution in [0.3, 0.4) is 0 Å². The number of hydrogen-bond acceptors (Lipinski definition) is 3. The summed E-state index contributed by atoms with van der Waals surface area (Å²) < 4.78 is 5.10. The number of carbonyl (C=O) groups is 2. The highest BCUT2D eigenvalue weighted by atomic mass is 35.5. The zero-order valence-corrected chi connectivity index (χ0v) is 15.9. The lowest BCUT2D eigenvalue weighted by Crippen LogP contribution is -2.28. The van der Waals surface area contributed by atoms with E-state index < -0.39 is 5.92 Å². The molecular weight excluding hydrogens is 375 g/mol. The smallest absolute Gasteiger partial charge is 0.229 e. The molecule has 2 aromatic rings. The van der Waals surface area contributed by atoms with Crippen LogP contribution in [0.5, 0.6) is 5.75 Å². The number of nitrogens with zero attached hydrogens (tertiary/aromatic N) is 1. The van der Waals surface area contributed by atoms with Crippen molar-refractivity contribution in [3.05, 3.63) is 52.0 Å². The summed E-state index contributed by atoms with van der Waals surface area (Å²) in [7, 11) is 1.52. The Morgan fingerprint density at radius 1 is 1.23 bits per heavy atom. The molecule has 1 atom stereocenters. The Bertz CT molecular complexity index is 870. The van der Waals surface area contributed by atoms with Gasteiger partial charge in [0.2, 0.25) is 11.8 Å². The van der Waals surface area contributed by atoms with E-state index in [0.717, 1.165) is 11.3 Å². The third-order valence-electron chi connectivity index (χ3n) is 4.36. The van der Waals surface area contributed by atoms with Gasteiger partial charge in [-0.2, -0.15) is 0 Å². The minimum Gasteiger partial charge on any atom is -0.495 e. The van der Waals surface area contributed by atoms with Crippen LogP contribution in [0.1, 0.15) is 12.0 Å². The summed E-state index contributed by atoms with van der Waals surface area (Å²) in [6.07, 6.45) is 0.164. The van der Waals surface area contributed by atoms with E-state index in [1.54, 1.807) is 41.3 Å². The number of aryl methyl sites for hydroxylation is 1. The molecule has 0 saturated carbocycles. The lowest BCUT2D eigenvalue weighted by atomic mass is 10.1. The lowest BCUT2D eigenvalue weighted by Gasteiger charge is -2.19. The van der Waals surface area contributed by atoms with Crippen LogP contribution in [0.25, 0.3) is 0 Å². The lowest BCUT2D eigenvalue weighted by molar-refractivity contribution is -0.122. The molecule has 0 radical (unpaired) electrons. The number of carbonyl (C=O) groups excluding carboxylic acids is 2. The van der Waals surface area contributed by atoms with Gasteiger partial charge in [0.1, 0.15) is 5.75 Å². The first-order chi connectivity index (χ1) is 12.4. The molecule has 1 aliphatic rings. The van der Waals surface area contributed by atoms with Crippen LogP contribution in [-0.2, 0) is 9.59 Å². The van der Waals surface area contributed by atoms with Crippen LogP contribution in [0.15, 0.2) is 36.4 Å². The summed E-state index contributed by atoms with van der Waals surface area (Å²) in [5, 5.41) is 3.84. The summed E-state index contributed by atoms with van der Waals surface area (Å²) in [6.45, 7) is 2.22. The van der Waals surface area contributed by atoms with Crippen molar-refractivity contribution in [2.24, 2.45) is 5.92 Å². The van der Waals surface area contributed by atoms with E-state index in [1.807, 2.05) is 6.92 Å².